The Hall–Kier alpha value is -0.610. The standard InChI is InChI=1S/C11H22N2O2/c1-3-11(15,4-2)9-12-5-7-13(10-14)8-6-12/h10,15H,3-9H2,1-2H3. The lowest BCUT2D eigenvalue weighted by Gasteiger charge is -2.37. The summed E-state index contributed by atoms with van der Waals surface area (Å²) in [6.07, 6.45) is 2.48. The minimum atomic E-state index is -0.552. The summed E-state index contributed by atoms with van der Waals surface area (Å²) in [5.41, 5.74) is -0.552. The second kappa shape index (κ2) is 5.47. The van der Waals surface area contributed by atoms with Crippen LogP contribution in [-0.4, -0.2) is 59.6 Å². The van der Waals surface area contributed by atoms with Gasteiger partial charge in [-0.25, -0.2) is 0 Å². The molecule has 1 heterocycles. The second-order valence-corrected chi connectivity index (χ2v) is 4.35. The molecule has 1 amide bonds. The highest BCUT2D eigenvalue weighted by Gasteiger charge is 2.27. The van der Waals surface area contributed by atoms with Crippen molar-refractivity contribution in [3.8, 4) is 0 Å². The van der Waals surface area contributed by atoms with E-state index in [1.54, 1.807) is 4.90 Å². The molecule has 0 unspecified atom stereocenters. The molecule has 1 aliphatic rings. The fourth-order valence-electron chi connectivity index (χ4n) is 1.92. The Morgan fingerprint density at radius 1 is 1.20 bits per heavy atom. The van der Waals surface area contributed by atoms with E-state index in [2.05, 4.69) is 4.90 Å². The zero-order valence-corrected chi connectivity index (χ0v) is 9.78. The molecule has 0 aromatic heterocycles. The van der Waals surface area contributed by atoms with Gasteiger partial charge in [-0.3, -0.25) is 9.69 Å². The predicted molar refractivity (Wildman–Crippen MR) is 59.6 cm³/mol. The normalized spacial score (nSPS) is 19.3. The third-order valence-electron chi connectivity index (χ3n) is 3.39. The van der Waals surface area contributed by atoms with E-state index in [9.17, 15) is 9.90 Å². The number of hydrogen-bond acceptors (Lipinski definition) is 3. The van der Waals surface area contributed by atoms with Crippen LogP contribution in [0.5, 0.6) is 0 Å². The molecule has 4 heteroatoms. The average molecular weight is 214 g/mol. The van der Waals surface area contributed by atoms with Crippen molar-refractivity contribution in [1.82, 2.24) is 9.80 Å². The van der Waals surface area contributed by atoms with Crippen LogP contribution in [0.3, 0.4) is 0 Å². The van der Waals surface area contributed by atoms with Crippen LogP contribution < -0.4 is 0 Å². The topological polar surface area (TPSA) is 43.8 Å². The Labute approximate surface area is 91.9 Å². The van der Waals surface area contributed by atoms with Crippen LogP contribution in [0, 0.1) is 0 Å². The van der Waals surface area contributed by atoms with Gasteiger partial charge >= 0.3 is 0 Å². The lowest BCUT2D eigenvalue weighted by Crippen LogP contribution is -2.51. The van der Waals surface area contributed by atoms with Gasteiger partial charge in [-0.15, -0.1) is 0 Å². The summed E-state index contributed by atoms with van der Waals surface area (Å²) in [5, 5.41) is 10.2. The first-order valence-electron chi connectivity index (χ1n) is 5.77. The third kappa shape index (κ3) is 3.47. The van der Waals surface area contributed by atoms with Gasteiger partial charge in [-0.2, -0.15) is 0 Å². The molecule has 1 N–H and O–H groups in total. The average Bonchev–Trinajstić information content (AvgIpc) is 2.30. The summed E-state index contributed by atoms with van der Waals surface area (Å²) < 4.78 is 0. The van der Waals surface area contributed by atoms with Crippen molar-refractivity contribution < 1.29 is 9.90 Å². The minimum Gasteiger partial charge on any atom is -0.389 e. The molecular weight excluding hydrogens is 192 g/mol. The van der Waals surface area contributed by atoms with Crippen molar-refractivity contribution >= 4 is 6.41 Å². The van der Waals surface area contributed by atoms with Crippen LogP contribution in [0.2, 0.25) is 0 Å². The fourth-order valence-corrected chi connectivity index (χ4v) is 1.92. The maximum Gasteiger partial charge on any atom is 0.209 e. The van der Waals surface area contributed by atoms with Gasteiger partial charge in [0.05, 0.1) is 5.60 Å². The molecule has 0 aromatic carbocycles. The number of hydrogen-bond donors (Lipinski definition) is 1. The summed E-state index contributed by atoms with van der Waals surface area (Å²) in [6.45, 7) is 8.09. The molecule has 1 aliphatic heterocycles. The van der Waals surface area contributed by atoms with Crippen LogP contribution in [0.4, 0.5) is 0 Å². The molecule has 0 atom stereocenters. The van der Waals surface area contributed by atoms with E-state index < -0.39 is 5.60 Å². The van der Waals surface area contributed by atoms with Crippen molar-refractivity contribution in [3.63, 3.8) is 0 Å². The van der Waals surface area contributed by atoms with Crippen molar-refractivity contribution in [2.45, 2.75) is 32.3 Å². The number of piperazine rings is 1. The van der Waals surface area contributed by atoms with E-state index >= 15 is 0 Å². The molecule has 0 spiro atoms. The summed E-state index contributed by atoms with van der Waals surface area (Å²) in [6, 6.07) is 0. The smallest absolute Gasteiger partial charge is 0.209 e. The van der Waals surface area contributed by atoms with Crippen molar-refractivity contribution in [3.05, 3.63) is 0 Å². The number of carbonyl (C=O) groups is 1. The highest BCUT2D eigenvalue weighted by molar-refractivity contribution is 5.47. The van der Waals surface area contributed by atoms with Gasteiger partial charge in [0.1, 0.15) is 0 Å². The van der Waals surface area contributed by atoms with Crippen molar-refractivity contribution in [2.24, 2.45) is 0 Å². The third-order valence-corrected chi connectivity index (χ3v) is 3.39. The SMILES string of the molecule is CCC(O)(CC)CN1CCN(C=O)CC1. The Kier molecular flexibility index (Phi) is 4.54. The van der Waals surface area contributed by atoms with Crippen LogP contribution >= 0.6 is 0 Å². The van der Waals surface area contributed by atoms with Gasteiger partial charge < -0.3 is 10.0 Å². The molecular formula is C11H22N2O2. The van der Waals surface area contributed by atoms with Gasteiger partial charge in [0.15, 0.2) is 0 Å². The highest BCUT2D eigenvalue weighted by Crippen LogP contribution is 2.17. The first-order valence-corrected chi connectivity index (χ1v) is 5.77. The lowest BCUT2D eigenvalue weighted by molar-refractivity contribution is -0.120. The Bertz CT molecular complexity index is 197. The van der Waals surface area contributed by atoms with Crippen LogP contribution in [0.15, 0.2) is 0 Å². The molecule has 15 heavy (non-hydrogen) atoms. The number of nitrogens with zero attached hydrogens (tertiary/aromatic N) is 2. The van der Waals surface area contributed by atoms with Gasteiger partial charge in [0.2, 0.25) is 6.41 Å². The lowest BCUT2D eigenvalue weighted by atomic mass is 9.96. The summed E-state index contributed by atoms with van der Waals surface area (Å²) in [5.74, 6) is 0. The molecule has 0 radical (unpaired) electrons. The molecule has 0 bridgehead atoms. The first-order chi connectivity index (χ1) is 7.13. The number of carbonyl (C=O) groups excluding carboxylic acids is 1. The molecule has 1 saturated heterocycles. The minimum absolute atomic E-state index is 0.552. The number of β-amino-alcohol motifs (C(OH)–C–C–N with tert-alkyl or cyclic N) is 1. The molecule has 88 valence electrons. The predicted octanol–water partition coefficient (Wildman–Crippen LogP) is 0.311. The van der Waals surface area contributed by atoms with Crippen LogP contribution in [0.25, 0.3) is 0 Å². The van der Waals surface area contributed by atoms with Gasteiger partial charge in [-0.1, -0.05) is 13.8 Å². The maximum absolute atomic E-state index is 10.5. The maximum atomic E-state index is 10.5. The molecule has 1 fully saturated rings. The molecule has 0 aliphatic carbocycles. The van der Waals surface area contributed by atoms with E-state index in [0.717, 1.165) is 52.0 Å². The monoisotopic (exact) mass is 214 g/mol. The fraction of sp³-hybridized carbons (Fsp3) is 0.909. The summed E-state index contributed by atoms with van der Waals surface area (Å²) in [7, 11) is 0. The van der Waals surface area contributed by atoms with Gasteiger partial charge in [-0.05, 0) is 12.8 Å². The summed E-state index contributed by atoms with van der Waals surface area (Å²) in [4.78, 5) is 14.6. The van der Waals surface area contributed by atoms with Crippen molar-refractivity contribution in [1.29, 1.82) is 0 Å². The van der Waals surface area contributed by atoms with E-state index in [0.29, 0.717) is 0 Å². The first kappa shape index (κ1) is 12.5. The Morgan fingerprint density at radius 3 is 2.13 bits per heavy atom. The molecule has 0 saturated carbocycles. The number of amides is 1. The van der Waals surface area contributed by atoms with Crippen LogP contribution in [0.1, 0.15) is 26.7 Å². The zero-order chi connectivity index (χ0) is 11.3. The number of aliphatic hydroxyl groups is 1. The van der Waals surface area contributed by atoms with Gasteiger partial charge in [0.25, 0.3) is 0 Å². The zero-order valence-electron chi connectivity index (χ0n) is 9.78. The van der Waals surface area contributed by atoms with Crippen LogP contribution in [-0.2, 0) is 4.79 Å². The van der Waals surface area contributed by atoms with Gasteiger partial charge in [0, 0.05) is 32.7 Å². The number of rotatable bonds is 5. The molecule has 4 nitrogen and oxygen atoms in total. The molecule has 0 aromatic rings. The van der Waals surface area contributed by atoms with E-state index in [4.69, 9.17) is 0 Å². The summed E-state index contributed by atoms with van der Waals surface area (Å²) >= 11 is 0. The van der Waals surface area contributed by atoms with E-state index in [1.165, 1.54) is 0 Å². The highest BCUT2D eigenvalue weighted by atomic mass is 16.3. The second-order valence-electron chi connectivity index (χ2n) is 4.35. The quantitative estimate of drug-likeness (QED) is 0.670. The largest absolute Gasteiger partial charge is 0.389 e. The Morgan fingerprint density at radius 2 is 1.73 bits per heavy atom. The Balaban J connectivity index is 2.37. The molecule has 1 rings (SSSR count). The van der Waals surface area contributed by atoms with E-state index in [1.807, 2.05) is 13.8 Å². The van der Waals surface area contributed by atoms with E-state index in [-0.39, 0.29) is 0 Å². The van der Waals surface area contributed by atoms with Crippen molar-refractivity contribution in [2.75, 3.05) is 32.7 Å².